The van der Waals surface area contributed by atoms with Crippen molar-refractivity contribution in [1.82, 2.24) is 0 Å². The van der Waals surface area contributed by atoms with Gasteiger partial charge in [-0.15, -0.1) is 0 Å². The van der Waals surface area contributed by atoms with Crippen LogP contribution in [0.5, 0.6) is 5.75 Å². The normalized spacial score (nSPS) is 12.7. The van der Waals surface area contributed by atoms with E-state index < -0.39 is 0 Å². The van der Waals surface area contributed by atoms with Crippen LogP contribution in [0.4, 0.5) is 0 Å². The van der Waals surface area contributed by atoms with Crippen LogP contribution in [0.3, 0.4) is 0 Å². The summed E-state index contributed by atoms with van der Waals surface area (Å²) in [6.07, 6.45) is 4.71. The minimum absolute atomic E-state index is 0.345. The third-order valence-corrected chi connectivity index (χ3v) is 3.20. The molecule has 0 spiro atoms. The average molecular weight is 257 g/mol. The molecule has 0 amide bonds. The van der Waals surface area contributed by atoms with E-state index in [2.05, 4.69) is 22.9 Å². The molecule has 1 nitrogen and oxygen atoms in total. The van der Waals surface area contributed by atoms with Crippen LogP contribution in [0.15, 0.2) is 24.3 Å². The van der Waals surface area contributed by atoms with Crippen molar-refractivity contribution in [2.24, 2.45) is 0 Å². The summed E-state index contributed by atoms with van der Waals surface area (Å²) in [6.45, 7) is 2.20. The van der Waals surface area contributed by atoms with Crippen molar-refractivity contribution >= 4 is 15.9 Å². The van der Waals surface area contributed by atoms with Gasteiger partial charge in [0.1, 0.15) is 5.75 Å². The van der Waals surface area contributed by atoms with Gasteiger partial charge in [-0.05, 0) is 37.0 Å². The van der Waals surface area contributed by atoms with E-state index in [4.69, 9.17) is 5.11 Å². The SMILES string of the molecule is CCCC(Br)CCc1ccc(O)cc1. The highest BCUT2D eigenvalue weighted by Crippen LogP contribution is 2.17. The molecule has 0 saturated carbocycles. The number of halogens is 1. The fourth-order valence-corrected chi connectivity index (χ4v) is 2.13. The van der Waals surface area contributed by atoms with Gasteiger partial charge in [-0.3, -0.25) is 0 Å². The van der Waals surface area contributed by atoms with Crippen molar-refractivity contribution in [3.63, 3.8) is 0 Å². The van der Waals surface area contributed by atoms with Gasteiger partial charge in [0.05, 0.1) is 0 Å². The Morgan fingerprint density at radius 1 is 1.21 bits per heavy atom. The minimum atomic E-state index is 0.345. The first-order valence-electron chi connectivity index (χ1n) is 5.14. The molecule has 78 valence electrons. The van der Waals surface area contributed by atoms with Crippen molar-refractivity contribution in [2.75, 3.05) is 0 Å². The number of hydrogen-bond acceptors (Lipinski definition) is 1. The summed E-state index contributed by atoms with van der Waals surface area (Å²) >= 11 is 3.66. The van der Waals surface area contributed by atoms with Crippen LogP contribution in [-0.4, -0.2) is 9.93 Å². The van der Waals surface area contributed by atoms with E-state index in [-0.39, 0.29) is 0 Å². The minimum Gasteiger partial charge on any atom is -0.508 e. The maximum absolute atomic E-state index is 9.11. The van der Waals surface area contributed by atoms with Crippen molar-refractivity contribution < 1.29 is 5.11 Å². The Morgan fingerprint density at radius 3 is 2.43 bits per heavy atom. The van der Waals surface area contributed by atoms with Gasteiger partial charge in [0.15, 0.2) is 0 Å². The van der Waals surface area contributed by atoms with Gasteiger partial charge >= 0.3 is 0 Å². The Morgan fingerprint density at radius 2 is 1.86 bits per heavy atom. The van der Waals surface area contributed by atoms with Gasteiger partial charge in [0.25, 0.3) is 0 Å². The Bertz CT molecular complexity index is 256. The van der Waals surface area contributed by atoms with E-state index in [1.165, 1.54) is 24.8 Å². The standard InChI is InChI=1S/C12H17BrO/c1-2-3-11(13)7-4-10-5-8-12(14)9-6-10/h5-6,8-9,11,14H,2-4,7H2,1H3. The molecule has 0 aromatic heterocycles. The van der Waals surface area contributed by atoms with Crippen LogP contribution >= 0.6 is 15.9 Å². The third kappa shape index (κ3) is 4.14. The molecule has 2 heteroatoms. The summed E-state index contributed by atoms with van der Waals surface area (Å²) in [7, 11) is 0. The predicted octanol–water partition coefficient (Wildman–Crippen LogP) is 3.89. The zero-order valence-corrected chi connectivity index (χ0v) is 10.1. The van der Waals surface area contributed by atoms with Crippen LogP contribution in [0, 0.1) is 0 Å². The first kappa shape index (κ1) is 11.6. The maximum atomic E-state index is 9.11. The second-order valence-corrected chi connectivity index (χ2v) is 4.89. The van der Waals surface area contributed by atoms with Crippen molar-refractivity contribution in [2.45, 2.75) is 37.4 Å². The van der Waals surface area contributed by atoms with Gasteiger partial charge in [0.2, 0.25) is 0 Å². The van der Waals surface area contributed by atoms with E-state index in [1.54, 1.807) is 12.1 Å². The van der Waals surface area contributed by atoms with Crippen LogP contribution in [-0.2, 0) is 6.42 Å². The number of aromatic hydroxyl groups is 1. The van der Waals surface area contributed by atoms with Gasteiger partial charge in [0, 0.05) is 4.83 Å². The highest BCUT2D eigenvalue weighted by molar-refractivity contribution is 9.09. The van der Waals surface area contributed by atoms with Crippen LogP contribution < -0.4 is 0 Å². The molecule has 0 bridgehead atoms. The number of hydrogen-bond donors (Lipinski definition) is 1. The second kappa shape index (κ2) is 6.07. The van der Waals surface area contributed by atoms with Gasteiger partial charge in [-0.2, -0.15) is 0 Å². The molecule has 1 atom stereocenters. The lowest BCUT2D eigenvalue weighted by molar-refractivity contribution is 0.475. The maximum Gasteiger partial charge on any atom is 0.115 e. The lowest BCUT2D eigenvalue weighted by Crippen LogP contribution is -1.99. The van der Waals surface area contributed by atoms with Gasteiger partial charge in [-0.1, -0.05) is 41.4 Å². The number of benzene rings is 1. The lowest BCUT2D eigenvalue weighted by atomic mass is 10.1. The number of alkyl halides is 1. The molecule has 0 aliphatic heterocycles. The van der Waals surface area contributed by atoms with E-state index in [9.17, 15) is 0 Å². The van der Waals surface area contributed by atoms with Crippen LogP contribution in [0.25, 0.3) is 0 Å². The zero-order valence-electron chi connectivity index (χ0n) is 8.54. The topological polar surface area (TPSA) is 20.2 Å². The first-order chi connectivity index (χ1) is 6.72. The van der Waals surface area contributed by atoms with Gasteiger partial charge < -0.3 is 5.11 Å². The summed E-state index contributed by atoms with van der Waals surface area (Å²) in [5.41, 5.74) is 1.29. The van der Waals surface area contributed by atoms with Crippen molar-refractivity contribution in [3.8, 4) is 5.75 Å². The smallest absolute Gasteiger partial charge is 0.115 e. The van der Waals surface area contributed by atoms with E-state index in [0.717, 1.165) is 6.42 Å². The largest absolute Gasteiger partial charge is 0.508 e. The molecule has 0 aliphatic rings. The van der Waals surface area contributed by atoms with Crippen LogP contribution in [0.2, 0.25) is 0 Å². The molecular weight excluding hydrogens is 240 g/mol. The molecule has 1 aromatic rings. The molecule has 0 saturated heterocycles. The molecule has 14 heavy (non-hydrogen) atoms. The summed E-state index contributed by atoms with van der Waals surface area (Å²) in [5, 5.41) is 9.11. The average Bonchev–Trinajstić information content (AvgIpc) is 2.17. The van der Waals surface area contributed by atoms with Crippen molar-refractivity contribution in [1.29, 1.82) is 0 Å². The molecule has 0 radical (unpaired) electrons. The molecule has 0 aliphatic carbocycles. The summed E-state index contributed by atoms with van der Waals surface area (Å²) < 4.78 is 0. The zero-order chi connectivity index (χ0) is 10.4. The molecule has 1 unspecified atom stereocenters. The van der Waals surface area contributed by atoms with E-state index >= 15 is 0 Å². The Kier molecular flexibility index (Phi) is 5.02. The first-order valence-corrected chi connectivity index (χ1v) is 6.06. The molecule has 0 fully saturated rings. The quantitative estimate of drug-likeness (QED) is 0.793. The monoisotopic (exact) mass is 256 g/mol. The predicted molar refractivity (Wildman–Crippen MR) is 64.1 cm³/mol. The highest BCUT2D eigenvalue weighted by Gasteiger charge is 2.02. The highest BCUT2D eigenvalue weighted by atomic mass is 79.9. The van der Waals surface area contributed by atoms with E-state index in [1.807, 2.05) is 12.1 Å². The molecule has 1 N–H and O–H groups in total. The van der Waals surface area contributed by atoms with Crippen LogP contribution in [0.1, 0.15) is 31.7 Å². The summed E-state index contributed by atoms with van der Waals surface area (Å²) in [5.74, 6) is 0.345. The Labute approximate surface area is 94.3 Å². The van der Waals surface area contributed by atoms with E-state index in [0.29, 0.717) is 10.6 Å². The third-order valence-electron chi connectivity index (χ3n) is 2.28. The fourth-order valence-electron chi connectivity index (χ4n) is 1.44. The molecule has 1 rings (SSSR count). The molecular formula is C12H17BrO. The number of aryl methyl sites for hydroxylation is 1. The fraction of sp³-hybridized carbons (Fsp3) is 0.500. The summed E-state index contributed by atoms with van der Waals surface area (Å²) in [4.78, 5) is 0.626. The van der Waals surface area contributed by atoms with Crippen molar-refractivity contribution in [3.05, 3.63) is 29.8 Å². The molecule has 1 aromatic carbocycles. The number of rotatable bonds is 5. The Balaban J connectivity index is 2.34. The summed E-state index contributed by atoms with van der Waals surface area (Å²) in [6, 6.07) is 7.47. The number of phenols is 1. The second-order valence-electron chi connectivity index (χ2n) is 3.59. The van der Waals surface area contributed by atoms with Gasteiger partial charge in [-0.25, -0.2) is 0 Å². The lowest BCUT2D eigenvalue weighted by Gasteiger charge is -2.07. The number of phenolic OH excluding ortho intramolecular Hbond substituents is 1. The Hall–Kier alpha value is -0.500. The molecule has 0 heterocycles.